The van der Waals surface area contributed by atoms with Gasteiger partial charge in [0.15, 0.2) is 16.6 Å². The van der Waals surface area contributed by atoms with E-state index in [0.29, 0.717) is 13.2 Å². The van der Waals surface area contributed by atoms with E-state index in [1.165, 1.54) is 11.1 Å². The molecule has 1 aromatic carbocycles. The van der Waals surface area contributed by atoms with Crippen LogP contribution in [0.2, 0.25) is 0 Å². The molecule has 0 amide bonds. The fourth-order valence-electron chi connectivity index (χ4n) is 2.76. The van der Waals surface area contributed by atoms with Gasteiger partial charge in [-0.3, -0.25) is 0 Å². The lowest BCUT2D eigenvalue weighted by Crippen LogP contribution is -2.43. The average Bonchev–Trinajstić information content (AvgIpc) is 2.77. The molecular formula is C16H22N2O3S. The Hall–Kier alpha value is -1.53. The molecule has 0 bridgehead atoms. The molecule has 0 spiro atoms. The van der Waals surface area contributed by atoms with Crippen LogP contribution in [0.25, 0.3) is 0 Å². The molecular weight excluding hydrogens is 300 g/mol. The highest BCUT2D eigenvalue weighted by Crippen LogP contribution is 2.35. The predicted molar refractivity (Wildman–Crippen MR) is 88.6 cm³/mol. The van der Waals surface area contributed by atoms with Crippen molar-refractivity contribution in [1.82, 2.24) is 10.2 Å². The molecule has 2 heterocycles. The molecule has 2 aliphatic rings. The summed E-state index contributed by atoms with van der Waals surface area (Å²) in [6.07, 6.45) is 1.90. The molecule has 0 saturated carbocycles. The largest absolute Gasteiger partial charge is 0.490 e. The molecule has 6 heteroatoms. The van der Waals surface area contributed by atoms with Gasteiger partial charge in [-0.15, -0.1) is 0 Å². The first-order chi connectivity index (χ1) is 10.8. The first-order valence-electron chi connectivity index (χ1n) is 7.71. The smallest absolute Gasteiger partial charge is 0.169 e. The van der Waals surface area contributed by atoms with Gasteiger partial charge in [-0.2, -0.15) is 0 Å². The summed E-state index contributed by atoms with van der Waals surface area (Å²) in [5.41, 5.74) is 2.60. The number of thiocarbonyl (C=S) groups is 1. The van der Waals surface area contributed by atoms with Crippen LogP contribution >= 0.6 is 12.2 Å². The summed E-state index contributed by atoms with van der Waals surface area (Å²) in [6.45, 7) is 4.57. The minimum Gasteiger partial charge on any atom is -0.490 e. The van der Waals surface area contributed by atoms with E-state index >= 15 is 0 Å². The highest BCUT2D eigenvalue weighted by Gasteiger charge is 2.22. The topological polar surface area (TPSA) is 43.0 Å². The molecule has 0 unspecified atom stereocenters. The highest BCUT2D eigenvalue weighted by molar-refractivity contribution is 7.80. The number of benzene rings is 1. The van der Waals surface area contributed by atoms with E-state index in [9.17, 15) is 0 Å². The molecule has 2 aliphatic heterocycles. The summed E-state index contributed by atoms with van der Waals surface area (Å²) < 4.78 is 16.6. The third-order valence-corrected chi connectivity index (χ3v) is 4.35. The minimum atomic E-state index is 0.656. The third-order valence-electron chi connectivity index (χ3n) is 3.95. The Bertz CT molecular complexity index is 550. The minimum absolute atomic E-state index is 0.656. The molecule has 120 valence electrons. The summed E-state index contributed by atoms with van der Waals surface area (Å²) in [7, 11) is 1.69. The van der Waals surface area contributed by atoms with Gasteiger partial charge in [0.2, 0.25) is 0 Å². The SMILES string of the molecule is COCCNC(=S)N1CCc2cc3c(cc2C1)OCCCO3. The lowest BCUT2D eigenvalue weighted by atomic mass is 9.99. The number of ether oxygens (including phenoxy) is 3. The second-order valence-electron chi connectivity index (χ2n) is 5.51. The Morgan fingerprint density at radius 2 is 2.00 bits per heavy atom. The quantitative estimate of drug-likeness (QED) is 0.675. The van der Waals surface area contributed by atoms with Crippen molar-refractivity contribution in [2.45, 2.75) is 19.4 Å². The summed E-state index contributed by atoms with van der Waals surface area (Å²) in [4.78, 5) is 2.19. The standard InChI is InChI=1S/C16H22N2O3S/c1-19-8-4-17-16(22)18-5-3-12-9-14-15(10-13(12)11-18)21-7-2-6-20-14/h9-10H,2-8,11H2,1H3,(H,17,22). The monoisotopic (exact) mass is 322 g/mol. The number of methoxy groups -OCH3 is 1. The normalized spacial score (nSPS) is 16.7. The van der Waals surface area contributed by atoms with E-state index in [0.717, 1.165) is 55.7 Å². The van der Waals surface area contributed by atoms with Crippen LogP contribution in [0.15, 0.2) is 12.1 Å². The number of hydrogen-bond donors (Lipinski definition) is 1. The van der Waals surface area contributed by atoms with Crippen LogP contribution < -0.4 is 14.8 Å². The lowest BCUT2D eigenvalue weighted by Gasteiger charge is -2.31. The maximum absolute atomic E-state index is 5.78. The number of rotatable bonds is 3. The van der Waals surface area contributed by atoms with Gasteiger partial charge in [-0.05, 0) is 41.9 Å². The maximum Gasteiger partial charge on any atom is 0.169 e. The van der Waals surface area contributed by atoms with E-state index in [2.05, 4.69) is 22.3 Å². The van der Waals surface area contributed by atoms with E-state index in [1.807, 2.05) is 0 Å². The van der Waals surface area contributed by atoms with Crippen molar-refractivity contribution in [1.29, 1.82) is 0 Å². The Morgan fingerprint density at radius 1 is 1.27 bits per heavy atom. The highest BCUT2D eigenvalue weighted by atomic mass is 32.1. The third kappa shape index (κ3) is 3.44. The van der Waals surface area contributed by atoms with Crippen molar-refractivity contribution in [3.63, 3.8) is 0 Å². The maximum atomic E-state index is 5.78. The molecule has 0 aliphatic carbocycles. The predicted octanol–water partition coefficient (Wildman–Crippen LogP) is 1.73. The van der Waals surface area contributed by atoms with Crippen LogP contribution in [0.4, 0.5) is 0 Å². The Kier molecular flexibility index (Phi) is 5.00. The zero-order valence-electron chi connectivity index (χ0n) is 12.9. The molecule has 22 heavy (non-hydrogen) atoms. The number of fused-ring (bicyclic) bond motifs is 2. The van der Waals surface area contributed by atoms with Crippen molar-refractivity contribution in [3.05, 3.63) is 23.3 Å². The first kappa shape index (κ1) is 15.4. The van der Waals surface area contributed by atoms with Crippen LogP contribution in [-0.2, 0) is 17.7 Å². The molecule has 0 aromatic heterocycles. The summed E-state index contributed by atoms with van der Waals surface area (Å²) in [5, 5.41) is 4.02. The van der Waals surface area contributed by atoms with E-state index in [1.54, 1.807) is 7.11 Å². The van der Waals surface area contributed by atoms with Crippen molar-refractivity contribution in [3.8, 4) is 11.5 Å². The van der Waals surface area contributed by atoms with Crippen molar-refractivity contribution in [2.24, 2.45) is 0 Å². The van der Waals surface area contributed by atoms with Crippen molar-refractivity contribution in [2.75, 3.05) is 40.0 Å². The lowest BCUT2D eigenvalue weighted by molar-refractivity contribution is 0.202. The first-order valence-corrected chi connectivity index (χ1v) is 8.12. The van der Waals surface area contributed by atoms with Crippen LogP contribution in [-0.4, -0.2) is 50.0 Å². The molecule has 5 nitrogen and oxygen atoms in total. The van der Waals surface area contributed by atoms with Gasteiger partial charge in [-0.25, -0.2) is 0 Å². The van der Waals surface area contributed by atoms with Crippen molar-refractivity contribution < 1.29 is 14.2 Å². The van der Waals surface area contributed by atoms with Gasteiger partial charge in [0.1, 0.15) is 0 Å². The van der Waals surface area contributed by atoms with E-state index in [4.69, 9.17) is 26.4 Å². The Morgan fingerprint density at radius 3 is 2.73 bits per heavy atom. The van der Waals surface area contributed by atoms with E-state index in [-0.39, 0.29) is 0 Å². The van der Waals surface area contributed by atoms with Crippen molar-refractivity contribution >= 4 is 17.3 Å². The number of nitrogens with one attached hydrogen (secondary N) is 1. The summed E-state index contributed by atoms with van der Waals surface area (Å²) in [5.74, 6) is 1.74. The Balaban J connectivity index is 1.70. The average molecular weight is 322 g/mol. The zero-order chi connectivity index (χ0) is 15.4. The molecule has 0 atom stereocenters. The van der Waals surface area contributed by atoms with Gasteiger partial charge >= 0.3 is 0 Å². The molecule has 1 aromatic rings. The second-order valence-corrected chi connectivity index (χ2v) is 5.90. The Labute approximate surface area is 136 Å². The van der Waals surface area contributed by atoms with Crippen LogP contribution in [0, 0.1) is 0 Å². The number of hydrogen-bond acceptors (Lipinski definition) is 4. The molecule has 1 N–H and O–H groups in total. The summed E-state index contributed by atoms with van der Waals surface area (Å²) in [6, 6.07) is 4.24. The van der Waals surface area contributed by atoms with Gasteiger partial charge in [0, 0.05) is 33.2 Å². The van der Waals surface area contributed by atoms with Gasteiger partial charge in [-0.1, -0.05) is 0 Å². The van der Waals surface area contributed by atoms with Crippen LogP contribution in [0.1, 0.15) is 17.5 Å². The molecule has 0 fully saturated rings. The van der Waals surface area contributed by atoms with Gasteiger partial charge < -0.3 is 24.4 Å². The second kappa shape index (κ2) is 7.15. The molecule has 0 radical (unpaired) electrons. The van der Waals surface area contributed by atoms with E-state index < -0.39 is 0 Å². The fraction of sp³-hybridized carbons (Fsp3) is 0.562. The van der Waals surface area contributed by atoms with Gasteiger partial charge in [0.05, 0.1) is 19.8 Å². The number of nitrogens with zero attached hydrogens (tertiary/aromatic N) is 1. The molecule has 0 saturated heterocycles. The summed E-state index contributed by atoms with van der Waals surface area (Å²) >= 11 is 5.46. The van der Waals surface area contributed by atoms with Crippen LogP contribution in [0.5, 0.6) is 11.5 Å². The fourth-order valence-corrected chi connectivity index (χ4v) is 3.02. The molecule has 3 rings (SSSR count). The van der Waals surface area contributed by atoms with Crippen LogP contribution in [0.3, 0.4) is 0 Å². The zero-order valence-corrected chi connectivity index (χ0v) is 13.7. The van der Waals surface area contributed by atoms with Gasteiger partial charge in [0.25, 0.3) is 0 Å².